The molecule has 7 heteroatoms. The number of nitrogens with zero attached hydrogens (tertiary/aromatic N) is 1. The Morgan fingerprint density at radius 2 is 2.14 bits per heavy atom. The van der Waals surface area contributed by atoms with Crippen LogP contribution in [0.1, 0.15) is 22.0 Å². The number of anilines is 1. The van der Waals surface area contributed by atoms with E-state index in [1.807, 2.05) is 6.26 Å². The molecule has 0 bridgehead atoms. The average molecular weight is 306 g/mol. The summed E-state index contributed by atoms with van der Waals surface area (Å²) in [5, 5.41) is 11.3. The van der Waals surface area contributed by atoms with Gasteiger partial charge in [0.05, 0.1) is 29.8 Å². The Labute approximate surface area is 125 Å². The first-order valence-corrected chi connectivity index (χ1v) is 7.53. The maximum atomic E-state index is 12.0. The maximum absolute atomic E-state index is 12.0. The number of nitrogens with one attached hydrogen (secondary N) is 1. The monoisotopic (exact) mass is 306 g/mol. The molecule has 2 N–H and O–H groups in total. The van der Waals surface area contributed by atoms with Gasteiger partial charge in [-0.05, 0) is 30.5 Å². The van der Waals surface area contributed by atoms with E-state index in [1.54, 1.807) is 36.0 Å². The molecule has 0 spiro atoms. The molecule has 2 heterocycles. The predicted octanol–water partition coefficient (Wildman–Crippen LogP) is 2.42. The summed E-state index contributed by atoms with van der Waals surface area (Å²) in [5.74, 6) is 0.362. The second-order valence-corrected chi connectivity index (χ2v) is 5.13. The minimum atomic E-state index is -0.948. The Kier molecular flexibility index (Phi) is 4.99. The first-order valence-electron chi connectivity index (χ1n) is 6.14. The van der Waals surface area contributed by atoms with Crippen LogP contribution in [0, 0.1) is 0 Å². The van der Waals surface area contributed by atoms with Gasteiger partial charge in [0.2, 0.25) is 0 Å². The summed E-state index contributed by atoms with van der Waals surface area (Å²) in [6.07, 6.45) is 3.22. The van der Waals surface area contributed by atoms with Crippen LogP contribution in [-0.2, 0) is 17.0 Å². The van der Waals surface area contributed by atoms with Crippen molar-refractivity contribution in [2.24, 2.45) is 0 Å². The topological polar surface area (TPSA) is 92.4 Å². The highest BCUT2D eigenvalue weighted by Crippen LogP contribution is 2.15. The number of carbonyl (C=O) groups excluding carboxylic acids is 1. The molecule has 0 radical (unpaired) electrons. The third kappa shape index (κ3) is 4.35. The van der Waals surface area contributed by atoms with E-state index in [1.165, 1.54) is 6.20 Å². The third-order valence-corrected chi connectivity index (χ3v) is 3.16. The summed E-state index contributed by atoms with van der Waals surface area (Å²) in [4.78, 5) is 26.5. The lowest BCUT2D eigenvalue weighted by molar-refractivity contribution is -0.136. The van der Waals surface area contributed by atoms with Crippen molar-refractivity contribution in [2.45, 2.75) is 12.2 Å². The van der Waals surface area contributed by atoms with Crippen molar-refractivity contribution in [1.29, 1.82) is 0 Å². The zero-order valence-corrected chi connectivity index (χ0v) is 12.1. The highest BCUT2D eigenvalue weighted by molar-refractivity contribution is 7.97. The Bertz CT molecular complexity index is 637. The van der Waals surface area contributed by atoms with Gasteiger partial charge in [0.25, 0.3) is 5.91 Å². The van der Waals surface area contributed by atoms with Gasteiger partial charge in [-0.3, -0.25) is 14.6 Å². The SMILES string of the molecule is CSCc1ccc(C(=O)Nc2ccc(CC(=O)O)nc2)o1. The molecule has 0 atom stereocenters. The van der Waals surface area contributed by atoms with Crippen molar-refractivity contribution >= 4 is 29.3 Å². The zero-order valence-electron chi connectivity index (χ0n) is 11.3. The Morgan fingerprint density at radius 1 is 1.33 bits per heavy atom. The molecule has 2 aromatic rings. The van der Waals surface area contributed by atoms with E-state index in [4.69, 9.17) is 9.52 Å². The number of aliphatic carboxylic acids is 1. The standard InChI is InChI=1S/C14H14N2O4S/c1-21-8-11-4-5-12(20-11)14(19)16-10-3-2-9(15-7-10)6-13(17)18/h2-5,7H,6,8H2,1H3,(H,16,19)(H,17,18). The quantitative estimate of drug-likeness (QED) is 0.851. The highest BCUT2D eigenvalue weighted by atomic mass is 32.2. The van der Waals surface area contributed by atoms with Gasteiger partial charge < -0.3 is 14.8 Å². The maximum Gasteiger partial charge on any atom is 0.309 e. The number of hydrogen-bond donors (Lipinski definition) is 2. The Balaban J connectivity index is 1.99. The molecule has 21 heavy (non-hydrogen) atoms. The molecule has 6 nitrogen and oxygen atoms in total. The second-order valence-electron chi connectivity index (χ2n) is 4.26. The summed E-state index contributed by atoms with van der Waals surface area (Å²) in [6.45, 7) is 0. The number of carboxylic acid groups (broad SMARTS) is 1. The first kappa shape index (κ1) is 15.1. The molecule has 1 amide bonds. The molecular formula is C14H14N2O4S. The summed E-state index contributed by atoms with van der Waals surface area (Å²) in [5.41, 5.74) is 0.915. The van der Waals surface area contributed by atoms with Gasteiger partial charge in [0.1, 0.15) is 5.76 Å². The van der Waals surface area contributed by atoms with E-state index in [-0.39, 0.29) is 18.1 Å². The summed E-state index contributed by atoms with van der Waals surface area (Å²) < 4.78 is 5.40. The molecule has 0 fully saturated rings. The van der Waals surface area contributed by atoms with Crippen LogP contribution in [0.3, 0.4) is 0 Å². The molecule has 0 aliphatic heterocycles. The number of pyridine rings is 1. The minimum Gasteiger partial charge on any atom is -0.481 e. The van der Waals surface area contributed by atoms with Crippen molar-refractivity contribution in [3.63, 3.8) is 0 Å². The van der Waals surface area contributed by atoms with Crippen molar-refractivity contribution in [1.82, 2.24) is 4.98 Å². The number of thioether (sulfide) groups is 1. The minimum absolute atomic E-state index is 0.148. The van der Waals surface area contributed by atoms with Gasteiger partial charge in [-0.2, -0.15) is 11.8 Å². The molecule has 0 unspecified atom stereocenters. The van der Waals surface area contributed by atoms with Gasteiger partial charge >= 0.3 is 5.97 Å². The summed E-state index contributed by atoms with van der Waals surface area (Å²) in [6, 6.07) is 6.55. The van der Waals surface area contributed by atoms with Crippen LogP contribution >= 0.6 is 11.8 Å². The van der Waals surface area contributed by atoms with Crippen LogP contribution in [0.4, 0.5) is 5.69 Å². The van der Waals surface area contributed by atoms with E-state index in [9.17, 15) is 9.59 Å². The Morgan fingerprint density at radius 3 is 2.76 bits per heavy atom. The van der Waals surface area contributed by atoms with E-state index in [0.29, 0.717) is 17.1 Å². The van der Waals surface area contributed by atoms with Gasteiger partial charge in [-0.25, -0.2) is 0 Å². The molecule has 2 rings (SSSR count). The van der Waals surface area contributed by atoms with Gasteiger partial charge in [-0.15, -0.1) is 0 Å². The van der Waals surface area contributed by atoms with E-state index >= 15 is 0 Å². The normalized spacial score (nSPS) is 10.3. The van der Waals surface area contributed by atoms with Gasteiger partial charge in [0.15, 0.2) is 5.76 Å². The third-order valence-electron chi connectivity index (χ3n) is 2.59. The molecule has 0 aliphatic rings. The first-order chi connectivity index (χ1) is 10.1. The summed E-state index contributed by atoms with van der Waals surface area (Å²) >= 11 is 1.61. The van der Waals surface area contributed by atoms with Crippen molar-refractivity contribution < 1.29 is 19.1 Å². The van der Waals surface area contributed by atoms with Crippen LogP contribution in [-0.4, -0.2) is 28.2 Å². The lowest BCUT2D eigenvalue weighted by atomic mass is 10.2. The number of amides is 1. The summed E-state index contributed by atoms with van der Waals surface area (Å²) in [7, 11) is 0. The zero-order chi connectivity index (χ0) is 15.2. The number of furan rings is 1. The van der Waals surface area contributed by atoms with Crippen LogP contribution in [0.5, 0.6) is 0 Å². The van der Waals surface area contributed by atoms with Crippen molar-refractivity contribution in [3.8, 4) is 0 Å². The fraction of sp³-hybridized carbons (Fsp3) is 0.214. The molecular weight excluding hydrogens is 292 g/mol. The van der Waals surface area contributed by atoms with Gasteiger partial charge in [-0.1, -0.05) is 0 Å². The van der Waals surface area contributed by atoms with Crippen molar-refractivity contribution in [3.05, 3.63) is 47.7 Å². The molecule has 0 aromatic carbocycles. The fourth-order valence-electron chi connectivity index (χ4n) is 1.67. The van der Waals surface area contributed by atoms with Crippen LogP contribution < -0.4 is 5.32 Å². The van der Waals surface area contributed by atoms with Crippen LogP contribution in [0.25, 0.3) is 0 Å². The number of hydrogen-bond acceptors (Lipinski definition) is 5. The molecule has 0 aliphatic carbocycles. The Hall–Kier alpha value is -2.28. The smallest absolute Gasteiger partial charge is 0.309 e. The van der Waals surface area contributed by atoms with Crippen molar-refractivity contribution in [2.75, 3.05) is 11.6 Å². The average Bonchev–Trinajstić information content (AvgIpc) is 2.89. The van der Waals surface area contributed by atoms with E-state index < -0.39 is 5.97 Å². The van der Waals surface area contributed by atoms with Crippen LogP contribution in [0.15, 0.2) is 34.9 Å². The molecule has 0 saturated carbocycles. The molecule has 110 valence electrons. The fourth-order valence-corrected chi connectivity index (χ4v) is 2.11. The van der Waals surface area contributed by atoms with Crippen LogP contribution in [0.2, 0.25) is 0 Å². The molecule has 0 saturated heterocycles. The lowest BCUT2D eigenvalue weighted by Gasteiger charge is -2.03. The second kappa shape index (κ2) is 6.94. The highest BCUT2D eigenvalue weighted by Gasteiger charge is 2.11. The predicted molar refractivity (Wildman–Crippen MR) is 79.5 cm³/mol. The molecule has 2 aromatic heterocycles. The largest absolute Gasteiger partial charge is 0.481 e. The number of carbonyl (C=O) groups is 2. The van der Waals surface area contributed by atoms with E-state index in [0.717, 1.165) is 5.76 Å². The number of rotatable bonds is 6. The van der Waals surface area contributed by atoms with Gasteiger partial charge in [0, 0.05) is 0 Å². The van der Waals surface area contributed by atoms with E-state index in [2.05, 4.69) is 10.3 Å². The lowest BCUT2D eigenvalue weighted by Crippen LogP contribution is -2.11. The number of aromatic nitrogens is 1. The number of carboxylic acids is 1.